The number of carbonyl (C=O) groups excluding carboxylic acids is 1. The van der Waals surface area contributed by atoms with Crippen molar-refractivity contribution in [2.24, 2.45) is 0 Å². The summed E-state index contributed by atoms with van der Waals surface area (Å²) in [5.74, 6) is 1.17. The maximum Gasteiger partial charge on any atom is 0.257 e. The van der Waals surface area contributed by atoms with Crippen LogP contribution in [0.25, 0.3) is 0 Å². The summed E-state index contributed by atoms with van der Waals surface area (Å²) in [4.78, 5) is 26.7. The topological polar surface area (TPSA) is 67.2 Å². The molecule has 1 fully saturated rings. The van der Waals surface area contributed by atoms with Crippen LogP contribution in [0.4, 0.5) is 0 Å². The summed E-state index contributed by atoms with van der Waals surface area (Å²) >= 11 is 0. The van der Waals surface area contributed by atoms with Gasteiger partial charge >= 0.3 is 0 Å². The third-order valence-corrected chi connectivity index (χ3v) is 5.59. The van der Waals surface area contributed by atoms with Crippen LogP contribution in [0.3, 0.4) is 0 Å². The third-order valence-electron chi connectivity index (χ3n) is 5.59. The lowest BCUT2D eigenvalue weighted by Gasteiger charge is -2.32. The number of rotatable bonds is 3. The highest BCUT2D eigenvalue weighted by Crippen LogP contribution is 2.27. The molecule has 0 aliphatic carbocycles. The highest BCUT2D eigenvalue weighted by molar-refractivity contribution is 5.93. The largest absolute Gasteiger partial charge is 0.338 e. The van der Waals surface area contributed by atoms with Gasteiger partial charge in [-0.3, -0.25) is 9.48 Å². The number of likely N-dealkylation sites (tertiary alicyclic amines) is 1. The quantitative estimate of drug-likeness (QED) is 0.831. The molecule has 0 aromatic carbocycles. The molecule has 2 aliphatic rings. The summed E-state index contributed by atoms with van der Waals surface area (Å²) in [5, 5.41) is 4.30. The number of aromatic nitrogens is 4. The molecule has 27 heavy (non-hydrogen) atoms. The molecule has 0 saturated carbocycles. The van der Waals surface area contributed by atoms with E-state index in [9.17, 15) is 4.79 Å². The minimum atomic E-state index is 0.0613. The summed E-state index contributed by atoms with van der Waals surface area (Å²) in [6.45, 7) is 7.55. The molecule has 2 aliphatic heterocycles. The molecule has 1 atom stereocenters. The summed E-state index contributed by atoms with van der Waals surface area (Å²) < 4.78 is 1.83. The van der Waals surface area contributed by atoms with E-state index >= 15 is 0 Å². The molecule has 2 aromatic heterocycles. The lowest BCUT2D eigenvalue weighted by Crippen LogP contribution is -2.39. The van der Waals surface area contributed by atoms with Crippen molar-refractivity contribution >= 4 is 5.91 Å². The standard InChI is InChI=1S/C20H28N6O/c1-14(2)26-13-17(10-22-26)20(27)25-7-4-5-15(12-25)19-21-9-16-11-24(3)8-6-18(16)23-19/h9-10,13-15H,4-8,11-12H2,1-3H3/t15-/m1/s1. The lowest BCUT2D eigenvalue weighted by molar-refractivity contribution is 0.0704. The van der Waals surface area contributed by atoms with Crippen molar-refractivity contribution in [3.05, 3.63) is 41.2 Å². The van der Waals surface area contributed by atoms with Crippen molar-refractivity contribution in [3.8, 4) is 0 Å². The molecule has 0 spiro atoms. The summed E-state index contributed by atoms with van der Waals surface area (Å²) in [7, 11) is 2.13. The van der Waals surface area contributed by atoms with E-state index in [4.69, 9.17) is 4.98 Å². The average molecular weight is 368 g/mol. The first-order valence-electron chi connectivity index (χ1n) is 9.88. The summed E-state index contributed by atoms with van der Waals surface area (Å²) in [6, 6.07) is 0.253. The second-order valence-corrected chi connectivity index (χ2v) is 8.08. The highest BCUT2D eigenvalue weighted by atomic mass is 16.2. The molecule has 2 aromatic rings. The fourth-order valence-electron chi connectivity index (χ4n) is 3.96. The first-order chi connectivity index (χ1) is 13.0. The van der Waals surface area contributed by atoms with Crippen molar-refractivity contribution in [2.45, 2.75) is 51.6 Å². The highest BCUT2D eigenvalue weighted by Gasteiger charge is 2.28. The number of amides is 1. The number of fused-ring (bicyclic) bond motifs is 1. The van der Waals surface area contributed by atoms with E-state index in [2.05, 4.69) is 35.9 Å². The van der Waals surface area contributed by atoms with Gasteiger partial charge in [-0.2, -0.15) is 5.10 Å². The monoisotopic (exact) mass is 368 g/mol. The fraction of sp³-hybridized carbons (Fsp3) is 0.600. The predicted octanol–water partition coefficient (Wildman–Crippen LogP) is 2.26. The number of hydrogen-bond donors (Lipinski definition) is 0. The zero-order valence-corrected chi connectivity index (χ0v) is 16.4. The van der Waals surface area contributed by atoms with Crippen LogP contribution in [0.15, 0.2) is 18.6 Å². The predicted molar refractivity (Wildman–Crippen MR) is 103 cm³/mol. The van der Waals surface area contributed by atoms with Crippen LogP contribution in [0.1, 0.15) is 66.1 Å². The second-order valence-electron chi connectivity index (χ2n) is 8.08. The third kappa shape index (κ3) is 3.74. The van der Waals surface area contributed by atoms with Crippen LogP contribution in [-0.2, 0) is 13.0 Å². The van der Waals surface area contributed by atoms with E-state index in [0.29, 0.717) is 12.1 Å². The van der Waals surface area contributed by atoms with Crippen molar-refractivity contribution in [1.29, 1.82) is 0 Å². The van der Waals surface area contributed by atoms with Gasteiger partial charge in [0.15, 0.2) is 0 Å². The van der Waals surface area contributed by atoms with Gasteiger partial charge in [-0.25, -0.2) is 9.97 Å². The number of hydrogen-bond acceptors (Lipinski definition) is 5. The molecule has 0 N–H and O–H groups in total. The molecule has 7 heteroatoms. The Bertz CT molecular complexity index is 830. The first kappa shape index (κ1) is 18.1. The van der Waals surface area contributed by atoms with Gasteiger partial charge in [-0.15, -0.1) is 0 Å². The Morgan fingerprint density at radius 2 is 2.11 bits per heavy atom. The van der Waals surface area contributed by atoms with Crippen LogP contribution in [0, 0.1) is 0 Å². The molecular weight excluding hydrogens is 340 g/mol. The lowest BCUT2D eigenvalue weighted by atomic mass is 9.96. The minimum Gasteiger partial charge on any atom is -0.338 e. The van der Waals surface area contributed by atoms with Gasteiger partial charge < -0.3 is 9.80 Å². The molecule has 0 bridgehead atoms. The average Bonchev–Trinajstić information content (AvgIpc) is 3.17. The number of likely N-dealkylation sites (N-methyl/N-ethyl adjacent to an activating group) is 1. The summed E-state index contributed by atoms with van der Waals surface area (Å²) in [6.07, 6.45) is 8.51. The fourth-order valence-corrected chi connectivity index (χ4v) is 3.96. The smallest absolute Gasteiger partial charge is 0.257 e. The molecule has 1 amide bonds. The number of carbonyl (C=O) groups is 1. The van der Waals surface area contributed by atoms with Crippen LogP contribution < -0.4 is 0 Å². The van der Waals surface area contributed by atoms with Crippen LogP contribution in [0.2, 0.25) is 0 Å². The van der Waals surface area contributed by atoms with Gasteiger partial charge in [-0.1, -0.05) is 0 Å². The Balaban J connectivity index is 1.48. The number of piperidine rings is 1. The Kier molecular flexibility index (Phi) is 4.95. The summed E-state index contributed by atoms with van der Waals surface area (Å²) in [5.41, 5.74) is 3.08. The molecule has 7 nitrogen and oxygen atoms in total. The van der Waals surface area contributed by atoms with Crippen molar-refractivity contribution in [1.82, 2.24) is 29.5 Å². The van der Waals surface area contributed by atoms with Crippen LogP contribution >= 0.6 is 0 Å². The Morgan fingerprint density at radius 3 is 2.89 bits per heavy atom. The first-order valence-corrected chi connectivity index (χ1v) is 9.88. The Morgan fingerprint density at radius 1 is 1.26 bits per heavy atom. The van der Waals surface area contributed by atoms with E-state index in [1.54, 1.807) is 6.20 Å². The maximum absolute atomic E-state index is 12.9. The maximum atomic E-state index is 12.9. The Labute approximate surface area is 160 Å². The second kappa shape index (κ2) is 7.38. The van der Waals surface area contributed by atoms with Gasteiger partial charge in [0.1, 0.15) is 5.82 Å². The van der Waals surface area contributed by atoms with Crippen LogP contribution in [-0.4, -0.2) is 62.1 Å². The van der Waals surface area contributed by atoms with E-state index in [-0.39, 0.29) is 17.9 Å². The molecule has 144 valence electrons. The van der Waals surface area contributed by atoms with E-state index < -0.39 is 0 Å². The molecule has 4 rings (SSSR count). The van der Waals surface area contributed by atoms with Gasteiger partial charge in [-0.05, 0) is 33.7 Å². The zero-order chi connectivity index (χ0) is 19.0. The molecular formula is C20H28N6O. The minimum absolute atomic E-state index is 0.0613. The SMILES string of the molecule is CC(C)n1cc(C(=O)N2CCC[C@@H](c3ncc4c(n3)CCN(C)C4)C2)cn1. The van der Waals surface area contributed by atoms with Crippen molar-refractivity contribution in [2.75, 3.05) is 26.7 Å². The van der Waals surface area contributed by atoms with Crippen molar-refractivity contribution < 1.29 is 4.79 Å². The van der Waals surface area contributed by atoms with Gasteiger partial charge in [0.2, 0.25) is 0 Å². The van der Waals surface area contributed by atoms with Gasteiger partial charge in [0, 0.05) is 68.2 Å². The van der Waals surface area contributed by atoms with Gasteiger partial charge in [0.05, 0.1) is 11.8 Å². The van der Waals surface area contributed by atoms with E-state index in [1.165, 1.54) is 11.3 Å². The zero-order valence-electron chi connectivity index (χ0n) is 16.4. The molecule has 1 saturated heterocycles. The molecule has 0 unspecified atom stereocenters. The van der Waals surface area contributed by atoms with Gasteiger partial charge in [0.25, 0.3) is 5.91 Å². The number of nitrogens with zero attached hydrogens (tertiary/aromatic N) is 6. The Hall–Kier alpha value is -2.28. The van der Waals surface area contributed by atoms with E-state index in [1.807, 2.05) is 22.0 Å². The normalized spacial score (nSPS) is 20.7. The molecule has 4 heterocycles. The van der Waals surface area contributed by atoms with Crippen molar-refractivity contribution in [3.63, 3.8) is 0 Å². The van der Waals surface area contributed by atoms with E-state index in [0.717, 1.165) is 44.7 Å². The molecule has 0 radical (unpaired) electrons. The van der Waals surface area contributed by atoms with Crippen LogP contribution in [0.5, 0.6) is 0 Å².